The van der Waals surface area contributed by atoms with Crippen LogP contribution in [0.2, 0.25) is 0 Å². The third kappa shape index (κ3) is 5.03. The fourth-order valence-corrected chi connectivity index (χ4v) is 3.68. The quantitative estimate of drug-likeness (QED) is 0.561. The molecular weight excluding hydrogens is 374 g/mol. The molecule has 1 aliphatic carbocycles. The third-order valence-electron chi connectivity index (χ3n) is 5.41. The monoisotopic (exact) mass is 401 g/mol. The molecular formula is C25H27N3O2. The van der Waals surface area contributed by atoms with Gasteiger partial charge >= 0.3 is 0 Å². The predicted molar refractivity (Wildman–Crippen MR) is 119 cm³/mol. The molecule has 1 N–H and O–H groups in total. The van der Waals surface area contributed by atoms with Gasteiger partial charge in [0.1, 0.15) is 5.75 Å². The second-order valence-corrected chi connectivity index (χ2v) is 7.68. The summed E-state index contributed by atoms with van der Waals surface area (Å²) < 4.78 is 5.82. The number of carbonyl (C=O) groups excluding carboxylic acids is 1. The molecule has 1 aliphatic rings. The molecule has 2 aromatic carbocycles. The van der Waals surface area contributed by atoms with Crippen LogP contribution >= 0.6 is 0 Å². The van der Waals surface area contributed by atoms with Gasteiger partial charge in [-0.05, 0) is 75.4 Å². The average molecular weight is 402 g/mol. The molecule has 1 aromatic heterocycles. The molecule has 0 aliphatic heterocycles. The molecule has 0 bridgehead atoms. The maximum absolute atomic E-state index is 12.3. The zero-order valence-electron chi connectivity index (χ0n) is 17.3. The number of benzene rings is 2. The van der Waals surface area contributed by atoms with Gasteiger partial charge in [-0.25, -0.2) is 4.98 Å². The van der Waals surface area contributed by atoms with E-state index in [1.54, 1.807) is 13.1 Å². The van der Waals surface area contributed by atoms with Gasteiger partial charge in [0, 0.05) is 12.1 Å². The van der Waals surface area contributed by atoms with E-state index in [2.05, 4.69) is 21.4 Å². The molecule has 0 spiro atoms. The van der Waals surface area contributed by atoms with E-state index in [0.29, 0.717) is 12.3 Å². The molecule has 0 saturated heterocycles. The molecule has 1 amide bonds. The highest BCUT2D eigenvalue weighted by molar-refractivity contribution is 5.80. The van der Waals surface area contributed by atoms with Gasteiger partial charge < -0.3 is 10.1 Å². The van der Waals surface area contributed by atoms with Gasteiger partial charge in [-0.2, -0.15) is 0 Å². The first kappa shape index (κ1) is 20.1. The number of rotatable bonds is 7. The van der Waals surface area contributed by atoms with Gasteiger partial charge in [-0.1, -0.05) is 23.8 Å². The summed E-state index contributed by atoms with van der Waals surface area (Å²) in [6.45, 7) is 2.44. The largest absolute Gasteiger partial charge is 0.481 e. The Morgan fingerprint density at radius 2 is 1.90 bits per heavy atom. The Kier molecular flexibility index (Phi) is 6.38. The average Bonchev–Trinajstić information content (AvgIpc) is 2.80. The highest BCUT2D eigenvalue weighted by atomic mass is 16.5. The number of fused-ring (bicyclic) bond motifs is 1. The summed E-state index contributed by atoms with van der Waals surface area (Å²) in [6.07, 6.45) is 9.36. The number of para-hydroxylation sites is 2. The summed E-state index contributed by atoms with van der Waals surface area (Å²) in [6, 6.07) is 15.4. The summed E-state index contributed by atoms with van der Waals surface area (Å²) in [4.78, 5) is 21.5. The van der Waals surface area contributed by atoms with E-state index in [-0.39, 0.29) is 5.91 Å². The van der Waals surface area contributed by atoms with Crippen molar-refractivity contribution in [2.24, 2.45) is 0 Å². The van der Waals surface area contributed by atoms with Gasteiger partial charge in [-0.15, -0.1) is 0 Å². The molecule has 4 rings (SSSR count). The van der Waals surface area contributed by atoms with Crippen LogP contribution in [0, 0.1) is 0 Å². The van der Waals surface area contributed by atoms with Crippen molar-refractivity contribution in [1.82, 2.24) is 15.3 Å². The topological polar surface area (TPSA) is 64.1 Å². The molecule has 0 fully saturated rings. The van der Waals surface area contributed by atoms with Crippen molar-refractivity contribution in [3.05, 3.63) is 66.4 Å². The fraction of sp³-hybridized carbons (Fsp3) is 0.320. The highest BCUT2D eigenvalue weighted by Crippen LogP contribution is 2.23. The first-order chi connectivity index (χ1) is 14.7. The zero-order valence-corrected chi connectivity index (χ0v) is 17.3. The van der Waals surface area contributed by atoms with Crippen molar-refractivity contribution in [3.63, 3.8) is 0 Å². The van der Waals surface area contributed by atoms with Crippen molar-refractivity contribution in [3.8, 4) is 17.0 Å². The minimum Gasteiger partial charge on any atom is -0.481 e. The van der Waals surface area contributed by atoms with Crippen LogP contribution in [0.4, 0.5) is 0 Å². The number of hydrogen-bond acceptors (Lipinski definition) is 4. The lowest BCUT2D eigenvalue weighted by molar-refractivity contribution is -0.127. The van der Waals surface area contributed by atoms with Crippen LogP contribution in [-0.2, 0) is 4.79 Å². The Balaban J connectivity index is 1.32. The highest BCUT2D eigenvalue weighted by Gasteiger charge is 2.15. The summed E-state index contributed by atoms with van der Waals surface area (Å²) in [7, 11) is 0. The minimum atomic E-state index is -0.545. The van der Waals surface area contributed by atoms with E-state index in [4.69, 9.17) is 4.74 Å². The van der Waals surface area contributed by atoms with Gasteiger partial charge in [-0.3, -0.25) is 9.78 Å². The molecule has 0 unspecified atom stereocenters. The molecule has 154 valence electrons. The van der Waals surface area contributed by atoms with Crippen LogP contribution in [0.5, 0.6) is 5.75 Å². The first-order valence-corrected chi connectivity index (χ1v) is 10.6. The number of hydrogen-bond donors (Lipinski definition) is 1. The molecule has 1 heterocycles. The number of allylic oxidation sites excluding steroid dienone is 1. The molecule has 0 saturated carbocycles. The van der Waals surface area contributed by atoms with Crippen molar-refractivity contribution in [2.45, 2.75) is 45.1 Å². The van der Waals surface area contributed by atoms with E-state index in [1.807, 2.05) is 48.5 Å². The Bertz CT molecular complexity index is 1040. The number of carbonyl (C=O) groups is 1. The molecule has 5 heteroatoms. The van der Waals surface area contributed by atoms with E-state index in [9.17, 15) is 4.79 Å². The van der Waals surface area contributed by atoms with Gasteiger partial charge in [0.25, 0.3) is 5.91 Å². The smallest absolute Gasteiger partial charge is 0.260 e. The second kappa shape index (κ2) is 9.53. The number of nitrogens with zero attached hydrogens (tertiary/aromatic N) is 2. The van der Waals surface area contributed by atoms with Gasteiger partial charge in [0.05, 0.1) is 22.9 Å². The SMILES string of the molecule is C[C@@H](Oc1ccc(-c2cnc3ccccc3n2)cc1)C(=O)NCCC1=CCCCC1. The van der Waals surface area contributed by atoms with Crippen LogP contribution < -0.4 is 10.1 Å². The maximum Gasteiger partial charge on any atom is 0.260 e. The van der Waals surface area contributed by atoms with Crippen molar-refractivity contribution in [2.75, 3.05) is 6.54 Å². The fourth-order valence-electron chi connectivity index (χ4n) is 3.68. The molecule has 5 nitrogen and oxygen atoms in total. The van der Waals surface area contributed by atoms with E-state index in [1.165, 1.54) is 24.8 Å². The maximum atomic E-state index is 12.3. The van der Waals surface area contributed by atoms with Crippen molar-refractivity contribution >= 4 is 16.9 Å². The lowest BCUT2D eigenvalue weighted by Crippen LogP contribution is -2.36. The number of nitrogens with one attached hydrogen (secondary N) is 1. The molecule has 1 atom stereocenters. The lowest BCUT2D eigenvalue weighted by atomic mass is 9.97. The normalized spacial score (nSPS) is 14.8. The molecule has 30 heavy (non-hydrogen) atoms. The standard InChI is InChI=1S/C25H27N3O2/c1-18(25(29)26-16-15-19-7-3-2-4-8-19)30-21-13-11-20(12-14-21)24-17-27-22-9-5-6-10-23(22)28-24/h5-7,9-14,17-18H,2-4,8,15-16H2,1H3,(H,26,29)/t18-/m1/s1. The zero-order chi connectivity index (χ0) is 20.8. The van der Waals surface area contributed by atoms with Gasteiger partial charge in [0.15, 0.2) is 6.10 Å². The van der Waals surface area contributed by atoms with E-state index in [0.717, 1.165) is 35.1 Å². The van der Waals surface area contributed by atoms with Crippen molar-refractivity contribution < 1.29 is 9.53 Å². The van der Waals surface area contributed by atoms with E-state index < -0.39 is 6.10 Å². The first-order valence-electron chi connectivity index (χ1n) is 10.6. The lowest BCUT2D eigenvalue weighted by Gasteiger charge is -2.16. The number of amides is 1. The second-order valence-electron chi connectivity index (χ2n) is 7.68. The van der Waals surface area contributed by atoms with Crippen LogP contribution in [-0.4, -0.2) is 28.5 Å². The summed E-state index contributed by atoms with van der Waals surface area (Å²) in [5.74, 6) is 0.570. The van der Waals surface area contributed by atoms with Crippen LogP contribution in [0.15, 0.2) is 66.4 Å². The summed E-state index contributed by atoms with van der Waals surface area (Å²) >= 11 is 0. The Morgan fingerprint density at radius 3 is 2.67 bits per heavy atom. The van der Waals surface area contributed by atoms with Crippen LogP contribution in [0.3, 0.4) is 0 Å². The summed E-state index contributed by atoms with van der Waals surface area (Å²) in [5, 5.41) is 2.98. The predicted octanol–water partition coefficient (Wildman–Crippen LogP) is 5.07. The molecule has 0 radical (unpaired) electrons. The number of aromatic nitrogens is 2. The number of ether oxygens (including phenoxy) is 1. The Hall–Kier alpha value is -3.21. The Labute approximate surface area is 177 Å². The van der Waals surface area contributed by atoms with Crippen LogP contribution in [0.25, 0.3) is 22.3 Å². The van der Waals surface area contributed by atoms with Gasteiger partial charge in [0.2, 0.25) is 0 Å². The third-order valence-corrected chi connectivity index (χ3v) is 5.41. The van der Waals surface area contributed by atoms with Crippen LogP contribution in [0.1, 0.15) is 39.0 Å². The van der Waals surface area contributed by atoms with E-state index >= 15 is 0 Å². The Morgan fingerprint density at radius 1 is 1.10 bits per heavy atom. The minimum absolute atomic E-state index is 0.0871. The summed E-state index contributed by atoms with van der Waals surface area (Å²) in [5.41, 5.74) is 4.97. The van der Waals surface area contributed by atoms with Crippen molar-refractivity contribution in [1.29, 1.82) is 0 Å². The molecule has 3 aromatic rings.